The average molecular weight is 527 g/mol. The van der Waals surface area contributed by atoms with Crippen LogP contribution in [0.1, 0.15) is 22.9 Å². The molecule has 0 bridgehead atoms. The largest absolute Gasteiger partial charge is 0.507 e. The van der Waals surface area contributed by atoms with Crippen molar-refractivity contribution in [1.82, 2.24) is 4.98 Å². The molecule has 8 heteroatoms. The summed E-state index contributed by atoms with van der Waals surface area (Å²) in [5.74, 6) is -1.01. The number of Topliss-reactive ketones (excluding diaryl/α,β-unsaturated/α-hetero) is 1. The highest BCUT2D eigenvalue weighted by atomic mass is 35.5. The number of carbonyl (C=O) groups excluding carboxylic acids is 2. The fourth-order valence-corrected chi connectivity index (χ4v) is 4.53. The lowest BCUT2D eigenvalue weighted by molar-refractivity contribution is -0.132. The number of hydrogen-bond donors (Lipinski definition) is 1. The maximum atomic E-state index is 13.4. The Balaban J connectivity index is 1.54. The van der Waals surface area contributed by atoms with Crippen LogP contribution in [0, 0.1) is 0 Å². The fraction of sp³-hybridized carbons (Fsp3) is 0.100. The van der Waals surface area contributed by atoms with E-state index in [1.54, 1.807) is 60.8 Å². The van der Waals surface area contributed by atoms with Gasteiger partial charge in [-0.25, -0.2) is 0 Å². The van der Waals surface area contributed by atoms with E-state index in [0.717, 1.165) is 5.56 Å². The number of methoxy groups -OCH3 is 1. The van der Waals surface area contributed by atoms with E-state index in [2.05, 4.69) is 4.98 Å². The second-order valence-electron chi connectivity index (χ2n) is 8.54. The van der Waals surface area contributed by atoms with E-state index in [1.165, 1.54) is 18.1 Å². The van der Waals surface area contributed by atoms with Gasteiger partial charge in [-0.15, -0.1) is 0 Å². The predicted octanol–water partition coefficient (Wildman–Crippen LogP) is 5.95. The highest BCUT2D eigenvalue weighted by Gasteiger charge is 2.47. The molecule has 4 aromatic rings. The molecule has 0 radical (unpaired) electrons. The zero-order chi connectivity index (χ0) is 26.6. The van der Waals surface area contributed by atoms with Gasteiger partial charge in [-0.05, 0) is 60.2 Å². The van der Waals surface area contributed by atoms with Crippen molar-refractivity contribution in [1.29, 1.82) is 0 Å². The number of amides is 1. The van der Waals surface area contributed by atoms with Crippen LogP contribution in [-0.2, 0) is 16.2 Å². The van der Waals surface area contributed by atoms with Crippen molar-refractivity contribution in [3.63, 3.8) is 0 Å². The first-order valence-corrected chi connectivity index (χ1v) is 12.2. The zero-order valence-corrected chi connectivity index (χ0v) is 21.1. The van der Waals surface area contributed by atoms with E-state index in [4.69, 9.17) is 21.1 Å². The number of hydrogen-bond acceptors (Lipinski definition) is 6. The van der Waals surface area contributed by atoms with Gasteiger partial charge in [-0.1, -0.05) is 48.0 Å². The Morgan fingerprint density at radius 2 is 1.66 bits per heavy atom. The number of halogens is 1. The maximum absolute atomic E-state index is 13.4. The van der Waals surface area contributed by atoms with Crippen molar-refractivity contribution in [2.75, 3.05) is 12.0 Å². The Morgan fingerprint density at radius 3 is 2.34 bits per heavy atom. The molecule has 1 unspecified atom stereocenters. The molecule has 5 rings (SSSR count). The molecule has 0 saturated carbocycles. The molecule has 2 heterocycles. The third kappa shape index (κ3) is 4.84. The number of nitrogens with zero attached hydrogens (tertiary/aromatic N) is 2. The summed E-state index contributed by atoms with van der Waals surface area (Å²) >= 11 is 6.36. The topological polar surface area (TPSA) is 89.0 Å². The highest BCUT2D eigenvalue weighted by molar-refractivity contribution is 6.52. The standard InChI is InChI=1S/C30H23ClN2O5/c1-37-22-14-15-24(31)23(17-22)28(34)26-27(25-9-5-6-16-32-25)33(30(36)29(26)35)20-10-12-21(13-11-20)38-18-19-7-3-2-4-8-19/h2-17,27,34H,18H2,1H3/b28-26+. The molecule has 0 spiro atoms. The number of aliphatic hydroxyl groups is 1. The second-order valence-corrected chi connectivity index (χ2v) is 8.94. The summed E-state index contributed by atoms with van der Waals surface area (Å²) in [6, 6.07) is 25.5. The first kappa shape index (κ1) is 25.0. The fourth-order valence-electron chi connectivity index (χ4n) is 4.32. The molecule has 1 aliphatic heterocycles. The number of benzene rings is 3. The van der Waals surface area contributed by atoms with E-state index in [1.807, 2.05) is 30.3 Å². The van der Waals surface area contributed by atoms with Crippen molar-refractivity contribution in [2.24, 2.45) is 0 Å². The number of pyridine rings is 1. The third-order valence-corrected chi connectivity index (χ3v) is 6.53. The van der Waals surface area contributed by atoms with E-state index in [-0.39, 0.29) is 16.2 Å². The van der Waals surface area contributed by atoms with Gasteiger partial charge in [-0.3, -0.25) is 19.5 Å². The Bertz CT molecular complexity index is 1510. The summed E-state index contributed by atoms with van der Waals surface area (Å²) in [6.07, 6.45) is 1.56. The normalized spacial score (nSPS) is 16.5. The zero-order valence-electron chi connectivity index (χ0n) is 20.4. The van der Waals surface area contributed by atoms with E-state index < -0.39 is 23.5 Å². The van der Waals surface area contributed by atoms with Gasteiger partial charge in [0.2, 0.25) is 0 Å². The molecule has 1 aromatic heterocycles. The Morgan fingerprint density at radius 1 is 0.947 bits per heavy atom. The molecule has 1 fully saturated rings. The van der Waals surface area contributed by atoms with Crippen molar-refractivity contribution in [2.45, 2.75) is 12.6 Å². The van der Waals surface area contributed by atoms with Crippen LogP contribution in [-0.4, -0.2) is 28.9 Å². The van der Waals surface area contributed by atoms with Crippen LogP contribution in [0.3, 0.4) is 0 Å². The van der Waals surface area contributed by atoms with Gasteiger partial charge in [0.25, 0.3) is 11.7 Å². The molecule has 1 atom stereocenters. The van der Waals surface area contributed by atoms with Crippen LogP contribution in [0.4, 0.5) is 5.69 Å². The molecule has 1 amide bonds. The summed E-state index contributed by atoms with van der Waals surface area (Å²) in [7, 11) is 1.48. The summed E-state index contributed by atoms with van der Waals surface area (Å²) in [5.41, 5.74) is 1.94. The summed E-state index contributed by atoms with van der Waals surface area (Å²) < 4.78 is 11.1. The van der Waals surface area contributed by atoms with Crippen molar-refractivity contribution >= 4 is 34.7 Å². The second kappa shape index (κ2) is 10.8. The quantitative estimate of drug-likeness (QED) is 0.182. The van der Waals surface area contributed by atoms with Crippen LogP contribution in [0.15, 0.2) is 103 Å². The highest BCUT2D eigenvalue weighted by Crippen LogP contribution is 2.43. The van der Waals surface area contributed by atoms with Gasteiger partial charge in [0, 0.05) is 17.4 Å². The maximum Gasteiger partial charge on any atom is 0.300 e. The first-order chi connectivity index (χ1) is 18.5. The van der Waals surface area contributed by atoms with Crippen LogP contribution in [0.5, 0.6) is 11.5 Å². The lowest BCUT2D eigenvalue weighted by Gasteiger charge is -2.25. The number of carbonyl (C=O) groups is 2. The molecular formula is C30H23ClN2O5. The van der Waals surface area contributed by atoms with Gasteiger partial charge in [0.15, 0.2) is 0 Å². The number of ketones is 1. The minimum Gasteiger partial charge on any atom is -0.507 e. The number of rotatable bonds is 7. The third-order valence-electron chi connectivity index (χ3n) is 6.20. The van der Waals surface area contributed by atoms with Crippen LogP contribution >= 0.6 is 11.6 Å². The van der Waals surface area contributed by atoms with Gasteiger partial charge in [0.05, 0.1) is 23.4 Å². The molecular weight excluding hydrogens is 504 g/mol. The molecule has 38 heavy (non-hydrogen) atoms. The van der Waals surface area contributed by atoms with Crippen molar-refractivity contribution in [3.8, 4) is 11.5 Å². The smallest absolute Gasteiger partial charge is 0.300 e. The average Bonchev–Trinajstić information content (AvgIpc) is 3.23. The van der Waals surface area contributed by atoms with E-state index in [0.29, 0.717) is 29.5 Å². The lowest BCUT2D eigenvalue weighted by atomic mass is 9.98. The molecule has 3 aromatic carbocycles. The van der Waals surface area contributed by atoms with Gasteiger partial charge < -0.3 is 14.6 Å². The summed E-state index contributed by atoms with van der Waals surface area (Å²) in [5, 5.41) is 11.5. The summed E-state index contributed by atoms with van der Waals surface area (Å²) in [6.45, 7) is 0.389. The minimum atomic E-state index is -0.977. The van der Waals surface area contributed by atoms with Crippen molar-refractivity contribution < 1.29 is 24.2 Å². The number of aliphatic hydroxyl groups excluding tert-OH is 1. The first-order valence-electron chi connectivity index (χ1n) is 11.8. The molecule has 7 nitrogen and oxygen atoms in total. The van der Waals surface area contributed by atoms with Crippen LogP contribution < -0.4 is 14.4 Å². The Labute approximate surface area is 224 Å². The van der Waals surface area contributed by atoms with Crippen LogP contribution in [0.2, 0.25) is 5.02 Å². The Kier molecular flexibility index (Phi) is 7.11. The lowest BCUT2D eigenvalue weighted by Crippen LogP contribution is -2.29. The minimum absolute atomic E-state index is 0.117. The molecule has 1 N–H and O–H groups in total. The van der Waals surface area contributed by atoms with Gasteiger partial charge in [-0.2, -0.15) is 0 Å². The summed E-state index contributed by atoms with van der Waals surface area (Å²) in [4.78, 5) is 32.4. The number of aromatic nitrogens is 1. The van der Waals surface area contributed by atoms with Crippen LogP contribution in [0.25, 0.3) is 5.76 Å². The number of anilines is 1. The molecule has 1 saturated heterocycles. The molecule has 190 valence electrons. The number of ether oxygens (including phenoxy) is 2. The van der Waals surface area contributed by atoms with Gasteiger partial charge >= 0.3 is 0 Å². The van der Waals surface area contributed by atoms with Crippen molar-refractivity contribution in [3.05, 3.63) is 125 Å². The molecule has 1 aliphatic rings. The Hall–Kier alpha value is -4.62. The van der Waals surface area contributed by atoms with E-state index in [9.17, 15) is 14.7 Å². The SMILES string of the molecule is COc1ccc(Cl)c(/C(O)=C2\C(=O)C(=O)N(c3ccc(OCc4ccccc4)cc3)C2c2ccccn2)c1. The predicted molar refractivity (Wildman–Crippen MR) is 144 cm³/mol. The monoisotopic (exact) mass is 526 g/mol. The van der Waals surface area contributed by atoms with Gasteiger partial charge in [0.1, 0.15) is 29.9 Å². The van der Waals surface area contributed by atoms with E-state index >= 15 is 0 Å². The molecule has 0 aliphatic carbocycles.